The molecule has 1 saturated heterocycles. The van der Waals surface area contributed by atoms with Gasteiger partial charge in [0.2, 0.25) is 5.13 Å². The minimum atomic E-state index is -3.86. The Morgan fingerprint density at radius 3 is 2.58 bits per heavy atom. The first-order valence-electron chi connectivity index (χ1n) is 12.7. The third kappa shape index (κ3) is 4.40. The fourth-order valence-corrected chi connectivity index (χ4v) is 7.71. The van der Waals surface area contributed by atoms with Crippen molar-refractivity contribution >= 4 is 49.4 Å². The molecule has 4 aromatic rings. The SMILES string of the molecule is COc1nsc(NC(=O)N2CC3C[C@@H](N(C)c4c(C#N)cnc5c4ccn5S(=O)(=O)c4ccccc4)C[C@@H]3C2)n1. The first-order chi connectivity index (χ1) is 19.3. The summed E-state index contributed by atoms with van der Waals surface area (Å²) in [6.07, 6.45) is 4.62. The Morgan fingerprint density at radius 2 is 1.93 bits per heavy atom. The maximum absolute atomic E-state index is 13.3. The average Bonchev–Trinajstić information content (AvgIpc) is 3.75. The van der Waals surface area contributed by atoms with Gasteiger partial charge in [-0.15, -0.1) is 4.37 Å². The van der Waals surface area contributed by atoms with Crippen LogP contribution in [-0.4, -0.2) is 71.0 Å². The van der Waals surface area contributed by atoms with Crippen LogP contribution in [0.2, 0.25) is 0 Å². The van der Waals surface area contributed by atoms with Gasteiger partial charge in [-0.05, 0) is 42.9 Å². The van der Waals surface area contributed by atoms with Crippen LogP contribution in [0.15, 0.2) is 53.7 Å². The molecule has 3 aromatic heterocycles. The molecule has 2 fully saturated rings. The normalized spacial score (nSPS) is 20.3. The molecule has 1 aromatic carbocycles. The molecule has 3 atom stereocenters. The first-order valence-corrected chi connectivity index (χ1v) is 14.9. The van der Waals surface area contributed by atoms with Crippen molar-refractivity contribution in [3.8, 4) is 12.1 Å². The molecule has 2 aliphatic rings. The minimum absolute atomic E-state index is 0.124. The van der Waals surface area contributed by atoms with Crippen LogP contribution in [0.25, 0.3) is 11.0 Å². The van der Waals surface area contributed by atoms with E-state index in [1.165, 1.54) is 23.5 Å². The van der Waals surface area contributed by atoms with Crippen LogP contribution in [0.5, 0.6) is 6.01 Å². The number of amides is 2. The van der Waals surface area contributed by atoms with Crippen LogP contribution in [0.3, 0.4) is 0 Å². The largest absolute Gasteiger partial charge is 0.466 e. The second-order valence-electron chi connectivity index (χ2n) is 9.98. The van der Waals surface area contributed by atoms with E-state index in [-0.39, 0.29) is 28.6 Å². The lowest BCUT2D eigenvalue weighted by Crippen LogP contribution is -2.36. The topological polar surface area (TPSA) is 146 Å². The molecule has 4 heterocycles. The molecule has 1 unspecified atom stereocenters. The molecular weight excluding hydrogens is 552 g/mol. The maximum atomic E-state index is 13.3. The Labute approximate surface area is 235 Å². The molecule has 0 radical (unpaired) electrons. The maximum Gasteiger partial charge on any atom is 0.329 e. The molecule has 0 spiro atoms. The van der Waals surface area contributed by atoms with Crippen LogP contribution in [0, 0.1) is 23.2 Å². The minimum Gasteiger partial charge on any atom is -0.466 e. The molecule has 6 rings (SSSR count). The molecule has 1 saturated carbocycles. The zero-order valence-electron chi connectivity index (χ0n) is 21.8. The van der Waals surface area contributed by atoms with Crippen molar-refractivity contribution in [3.63, 3.8) is 0 Å². The quantitative estimate of drug-likeness (QED) is 0.364. The summed E-state index contributed by atoms with van der Waals surface area (Å²) in [5.74, 6) is 0.626. The molecule has 2 amide bonds. The highest BCUT2D eigenvalue weighted by molar-refractivity contribution is 7.90. The van der Waals surface area contributed by atoms with E-state index in [0.29, 0.717) is 46.7 Å². The number of nitriles is 1. The van der Waals surface area contributed by atoms with Gasteiger partial charge in [0, 0.05) is 55.5 Å². The molecule has 1 N–H and O–H groups in total. The highest BCUT2D eigenvalue weighted by atomic mass is 32.2. The van der Waals surface area contributed by atoms with E-state index in [2.05, 4.69) is 30.6 Å². The van der Waals surface area contributed by atoms with Crippen molar-refractivity contribution in [1.29, 1.82) is 5.26 Å². The number of urea groups is 1. The average molecular weight is 579 g/mol. The van der Waals surface area contributed by atoms with Crippen LogP contribution in [0.4, 0.5) is 15.6 Å². The number of anilines is 2. The van der Waals surface area contributed by atoms with E-state index >= 15 is 0 Å². The van der Waals surface area contributed by atoms with Gasteiger partial charge in [-0.3, -0.25) is 5.32 Å². The van der Waals surface area contributed by atoms with Gasteiger partial charge in [0.1, 0.15) is 6.07 Å². The van der Waals surface area contributed by atoms with Gasteiger partial charge in [0.15, 0.2) is 5.65 Å². The number of nitrogens with zero attached hydrogens (tertiary/aromatic N) is 7. The summed E-state index contributed by atoms with van der Waals surface area (Å²) in [6.45, 7) is 1.25. The van der Waals surface area contributed by atoms with E-state index in [1.54, 1.807) is 41.3 Å². The van der Waals surface area contributed by atoms with Gasteiger partial charge in [-0.1, -0.05) is 18.2 Å². The Morgan fingerprint density at radius 1 is 1.20 bits per heavy atom. The van der Waals surface area contributed by atoms with Crippen molar-refractivity contribution in [3.05, 3.63) is 54.4 Å². The number of methoxy groups -OCH3 is 1. The summed E-state index contributed by atoms with van der Waals surface area (Å²) in [4.78, 5) is 25.3. The fraction of sp³-hybridized carbons (Fsp3) is 0.346. The number of aromatic nitrogens is 4. The highest BCUT2D eigenvalue weighted by Gasteiger charge is 2.44. The summed E-state index contributed by atoms with van der Waals surface area (Å²) in [6, 6.07) is 12.3. The van der Waals surface area contributed by atoms with Crippen molar-refractivity contribution in [2.45, 2.75) is 23.8 Å². The number of carbonyl (C=O) groups excluding carboxylic acids is 1. The summed E-state index contributed by atoms with van der Waals surface area (Å²) in [5, 5.41) is 13.7. The number of carbonyl (C=O) groups is 1. The predicted octanol–water partition coefficient (Wildman–Crippen LogP) is 3.38. The van der Waals surface area contributed by atoms with E-state index < -0.39 is 10.0 Å². The van der Waals surface area contributed by atoms with Crippen LogP contribution >= 0.6 is 11.5 Å². The van der Waals surface area contributed by atoms with E-state index in [1.807, 2.05) is 7.05 Å². The number of hydrogen-bond acceptors (Lipinski definition) is 10. The number of pyridine rings is 1. The Kier molecular flexibility index (Phi) is 6.55. The Bertz CT molecular complexity index is 1720. The van der Waals surface area contributed by atoms with Crippen LogP contribution in [0.1, 0.15) is 18.4 Å². The summed E-state index contributed by atoms with van der Waals surface area (Å²) < 4.78 is 36.8. The van der Waals surface area contributed by atoms with Gasteiger partial charge in [0.25, 0.3) is 10.0 Å². The molecular formula is C26H26N8O4S2. The van der Waals surface area contributed by atoms with Gasteiger partial charge in [-0.2, -0.15) is 10.2 Å². The number of ether oxygens (including phenoxy) is 1. The number of nitrogens with one attached hydrogen (secondary N) is 1. The molecule has 12 nitrogen and oxygen atoms in total. The van der Waals surface area contributed by atoms with Gasteiger partial charge in [0.05, 0.1) is 23.3 Å². The smallest absolute Gasteiger partial charge is 0.329 e. The number of benzene rings is 1. The van der Waals surface area contributed by atoms with E-state index in [9.17, 15) is 18.5 Å². The standard InChI is InChI=1S/C26H26N8O4S2/c1-32(19-10-16-14-33(15-17(16)11-19)26(35)30-25-29-24(38-2)31-39-25)22-18(12-27)13-28-23-21(22)8-9-34(23)40(36,37)20-6-4-3-5-7-20/h3-9,13,16-17,19H,10-11,14-15H2,1-2H3,(H,29,30,31,35)/t16-,17?,19+/m1/s1. The summed E-state index contributed by atoms with van der Waals surface area (Å²) >= 11 is 1.07. The fourth-order valence-electron chi connectivity index (χ4n) is 5.86. The van der Waals surface area contributed by atoms with Gasteiger partial charge in [-0.25, -0.2) is 22.2 Å². The zero-order chi connectivity index (χ0) is 28.0. The number of rotatable bonds is 6. The Balaban J connectivity index is 1.21. The van der Waals surface area contributed by atoms with Crippen LogP contribution < -0.4 is 15.0 Å². The third-order valence-corrected chi connectivity index (χ3v) is 10.1. The lowest BCUT2D eigenvalue weighted by Gasteiger charge is -2.29. The van der Waals surface area contributed by atoms with Crippen molar-refractivity contribution < 1.29 is 17.9 Å². The van der Waals surface area contributed by atoms with Crippen molar-refractivity contribution in [2.75, 3.05) is 37.5 Å². The van der Waals surface area contributed by atoms with Crippen LogP contribution in [-0.2, 0) is 10.0 Å². The molecule has 1 aliphatic heterocycles. The summed E-state index contributed by atoms with van der Waals surface area (Å²) in [7, 11) is -0.442. The molecule has 0 bridgehead atoms. The molecule has 40 heavy (non-hydrogen) atoms. The Hall–Kier alpha value is -4.22. The third-order valence-electron chi connectivity index (χ3n) is 7.79. The molecule has 14 heteroatoms. The lowest BCUT2D eigenvalue weighted by molar-refractivity contribution is 0.218. The molecule has 1 aliphatic carbocycles. The van der Waals surface area contributed by atoms with Crippen molar-refractivity contribution in [1.82, 2.24) is 23.2 Å². The second-order valence-corrected chi connectivity index (χ2v) is 12.5. The first kappa shape index (κ1) is 26.0. The second kappa shape index (κ2) is 10.1. The number of hydrogen-bond donors (Lipinski definition) is 1. The van der Waals surface area contributed by atoms with E-state index in [0.717, 1.165) is 24.4 Å². The van der Waals surface area contributed by atoms with E-state index in [4.69, 9.17) is 4.74 Å². The van der Waals surface area contributed by atoms with Crippen molar-refractivity contribution in [2.24, 2.45) is 11.8 Å². The number of fused-ring (bicyclic) bond motifs is 2. The number of likely N-dealkylation sites (tertiary alicyclic amines) is 1. The zero-order valence-corrected chi connectivity index (χ0v) is 23.4. The van der Waals surface area contributed by atoms with Gasteiger partial charge >= 0.3 is 12.0 Å². The predicted molar refractivity (Wildman–Crippen MR) is 149 cm³/mol. The molecule has 206 valence electrons. The van der Waals surface area contributed by atoms with Gasteiger partial charge < -0.3 is 14.5 Å². The summed E-state index contributed by atoms with van der Waals surface area (Å²) in [5.41, 5.74) is 1.33. The highest BCUT2D eigenvalue weighted by Crippen LogP contribution is 2.43. The lowest BCUT2D eigenvalue weighted by atomic mass is 10.0. The monoisotopic (exact) mass is 578 g/mol.